The molecule has 0 radical (unpaired) electrons. The van der Waals surface area contributed by atoms with Gasteiger partial charge < -0.3 is 4.74 Å². The van der Waals surface area contributed by atoms with E-state index >= 15 is 0 Å². The predicted molar refractivity (Wildman–Crippen MR) is 66.2 cm³/mol. The quantitative estimate of drug-likeness (QED) is 0.744. The van der Waals surface area contributed by atoms with Crippen LogP contribution >= 0.6 is 23.2 Å². The van der Waals surface area contributed by atoms with Crippen LogP contribution in [0.25, 0.3) is 11.0 Å². The van der Waals surface area contributed by atoms with Gasteiger partial charge in [0.1, 0.15) is 0 Å². The van der Waals surface area contributed by atoms with Crippen LogP contribution in [0.1, 0.15) is 6.42 Å². The Balaban J connectivity index is 1.96. The maximum Gasteiger partial charge on any atom is 0.185 e. The summed E-state index contributed by atoms with van der Waals surface area (Å²) in [5.41, 5.74) is 1.35. The number of halogens is 2. The molecule has 1 saturated heterocycles. The van der Waals surface area contributed by atoms with Crippen molar-refractivity contribution >= 4 is 34.2 Å². The molecule has 0 amide bonds. The van der Waals surface area contributed by atoms with Gasteiger partial charge in [0.25, 0.3) is 0 Å². The minimum Gasteiger partial charge on any atom is -0.352 e. The van der Waals surface area contributed by atoms with Gasteiger partial charge in [-0.1, -0.05) is 35.3 Å². The molecule has 1 saturated carbocycles. The molecule has 1 aliphatic heterocycles. The van der Waals surface area contributed by atoms with Crippen LogP contribution < -0.4 is 0 Å². The van der Waals surface area contributed by atoms with E-state index in [0.29, 0.717) is 6.61 Å². The fourth-order valence-corrected chi connectivity index (χ4v) is 3.92. The molecule has 2 fully saturated rings. The van der Waals surface area contributed by atoms with Crippen molar-refractivity contribution in [3.63, 3.8) is 0 Å². The van der Waals surface area contributed by atoms with Crippen molar-refractivity contribution in [2.45, 2.75) is 16.5 Å². The van der Waals surface area contributed by atoms with Gasteiger partial charge in [0, 0.05) is 0 Å². The zero-order chi connectivity index (χ0) is 11.7. The summed E-state index contributed by atoms with van der Waals surface area (Å²) in [7, 11) is 0. The number of benzene rings is 1. The Labute approximate surface area is 108 Å². The first kappa shape index (κ1) is 10.2. The van der Waals surface area contributed by atoms with Crippen molar-refractivity contribution in [3.05, 3.63) is 30.6 Å². The molecule has 5 heteroatoms. The molecule has 4 rings (SSSR count). The first-order valence-electron chi connectivity index (χ1n) is 5.62. The van der Waals surface area contributed by atoms with Crippen LogP contribution in [0, 0.1) is 5.92 Å². The number of hydrogen-bond donors (Lipinski definition) is 0. The van der Waals surface area contributed by atoms with Gasteiger partial charge in [0.05, 0.1) is 29.9 Å². The van der Waals surface area contributed by atoms with E-state index < -0.39 is 10.1 Å². The summed E-state index contributed by atoms with van der Waals surface area (Å²) in [5.74, 6) is 0.163. The fourth-order valence-electron chi connectivity index (χ4n) is 2.96. The highest BCUT2D eigenvalue weighted by Crippen LogP contribution is 2.72. The lowest BCUT2D eigenvalue weighted by Gasteiger charge is -2.19. The molecule has 2 aromatic rings. The van der Waals surface area contributed by atoms with Crippen molar-refractivity contribution in [1.82, 2.24) is 9.55 Å². The lowest BCUT2D eigenvalue weighted by Crippen LogP contribution is -2.25. The van der Waals surface area contributed by atoms with E-state index in [-0.39, 0.29) is 5.92 Å². The summed E-state index contributed by atoms with van der Waals surface area (Å²) in [6.07, 6.45) is 2.68. The summed E-state index contributed by atoms with van der Waals surface area (Å²) in [6.45, 7) is 0.707. The van der Waals surface area contributed by atoms with Crippen LogP contribution in [0.2, 0.25) is 0 Å². The fraction of sp³-hybridized carbons (Fsp3) is 0.417. The number of aromatic nitrogens is 2. The highest BCUT2D eigenvalue weighted by atomic mass is 35.5. The van der Waals surface area contributed by atoms with E-state index in [1.807, 2.05) is 28.8 Å². The Kier molecular flexibility index (Phi) is 1.78. The molecule has 0 N–H and O–H groups in total. The van der Waals surface area contributed by atoms with Gasteiger partial charge in [-0.05, 0) is 18.6 Å². The third kappa shape index (κ3) is 1.02. The Bertz CT molecular complexity index is 609. The Morgan fingerprint density at radius 3 is 2.94 bits per heavy atom. The number of hydrogen-bond acceptors (Lipinski definition) is 2. The molecule has 1 aromatic heterocycles. The number of rotatable bonds is 1. The third-order valence-corrected chi connectivity index (χ3v) is 4.91. The van der Waals surface area contributed by atoms with Crippen LogP contribution in [0.4, 0.5) is 0 Å². The number of imidazole rings is 1. The Morgan fingerprint density at radius 2 is 2.18 bits per heavy atom. The molecule has 2 heterocycles. The van der Waals surface area contributed by atoms with Crippen LogP contribution in [0.5, 0.6) is 0 Å². The average molecular weight is 269 g/mol. The highest BCUT2D eigenvalue weighted by molar-refractivity contribution is 6.52. The molecule has 0 spiro atoms. The lowest BCUT2D eigenvalue weighted by atomic mass is 10.3. The van der Waals surface area contributed by atoms with E-state index in [2.05, 4.69) is 4.98 Å². The summed E-state index contributed by atoms with van der Waals surface area (Å²) < 4.78 is 7.00. The van der Waals surface area contributed by atoms with Crippen LogP contribution in [0.3, 0.4) is 0 Å². The summed E-state index contributed by atoms with van der Waals surface area (Å²) >= 11 is 12.7. The summed E-state index contributed by atoms with van der Waals surface area (Å²) in [4.78, 5) is 4.37. The second-order valence-corrected chi connectivity index (χ2v) is 6.00. The number of fused-ring (bicyclic) bond motifs is 2. The van der Waals surface area contributed by atoms with Crippen molar-refractivity contribution in [2.75, 3.05) is 6.61 Å². The Hall–Kier alpha value is -0.770. The number of para-hydroxylation sites is 2. The van der Waals surface area contributed by atoms with Gasteiger partial charge in [-0.3, -0.25) is 4.57 Å². The molecule has 2 atom stereocenters. The molecule has 1 aliphatic carbocycles. The maximum atomic E-state index is 6.35. The normalized spacial score (nSPS) is 33.9. The van der Waals surface area contributed by atoms with Crippen molar-refractivity contribution in [2.24, 2.45) is 5.92 Å². The van der Waals surface area contributed by atoms with Gasteiger partial charge in [0.15, 0.2) is 10.1 Å². The van der Waals surface area contributed by atoms with E-state index in [1.54, 1.807) is 6.33 Å². The van der Waals surface area contributed by atoms with E-state index in [9.17, 15) is 0 Å². The zero-order valence-corrected chi connectivity index (χ0v) is 10.4. The number of nitrogens with zero attached hydrogens (tertiary/aromatic N) is 2. The van der Waals surface area contributed by atoms with Crippen molar-refractivity contribution in [1.29, 1.82) is 0 Å². The van der Waals surface area contributed by atoms with Crippen LogP contribution in [0.15, 0.2) is 30.6 Å². The Morgan fingerprint density at radius 1 is 1.35 bits per heavy atom. The van der Waals surface area contributed by atoms with Crippen LogP contribution in [-0.4, -0.2) is 20.5 Å². The summed E-state index contributed by atoms with van der Waals surface area (Å²) in [6, 6.07) is 7.93. The number of alkyl halides is 2. The van der Waals surface area contributed by atoms with Gasteiger partial charge in [-0.15, -0.1) is 0 Å². The van der Waals surface area contributed by atoms with E-state index in [4.69, 9.17) is 27.9 Å². The zero-order valence-electron chi connectivity index (χ0n) is 8.94. The first-order chi connectivity index (χ1) is 8.18. The molecule has 2 unspecified atom stereocenters. The highest BCUT2D eigenvalue weighted by Gasteiger charge is 2.81. The second kappa shape index (κ2) is 2.97. The van der Waals surface area contributed by atoms with Crippen molar-refractivity contribution in [3.8, 4) is 0 Å². The SMILES string of the molecule is ClC1(Cl)C2CCOC21n1cnc2ccccc21. The van der Waals surface area contributed by atoms with Crippen LogP contribution in [-0.2, 0) is 10.5 Å². The molecular formula is C12H10Cl2N2O. The van der Waals surface area contributed by atoms with Crippen molar-refractivity contribution < 1.29 is 4.74 Å². The molecule has 0 bridgehead atoms. The van der Waals surface area contributed by atoms with E-state index in [1.165, 1.54) is 0 Å². The van der Waals surface area contributed by atoms with Gasteiger partial charge in [-0.2, -0.15) is 0 Å². The smallest absolute Gasteiger partial charge is 0.185 e. The monoisotopic (exact) mass is 268 g/mol. The number of ether oxygens (including phenoxy) is 1. The topological polar surface area (TPSA) is 27.1 Å². The van der Waals surface area contributed by atoms with Gasteiger partial charge >= 0.3 is 0 Å². The molecule has 88 valence electrons. The molecule has 17 heavy (non-hydrogen) atoms. The lowest BCUT2D eigenvalue weighted by molar-refractivity contribution is 0.00672. The van der Waals surface area contributed by atoms with Gasteiger partial charge in [0.2, 0.25) is 0 Å². The maximum absolute atomic E-state index is 6.35. The van der Waals surface area contributed by atoms with Gasteiger partial charge in [-0.25, -0.2) is 4.98 Å². The molecule has 2 aliphatic rings. The predicted octanol–water partition coefficient (Wildman–Crippen LogP) is 2.91. The third-order valence-electron chi connectivity index (χ3n) is 3.84. The average Bonchev–Trinajstić information content (AvgIpc) is 2.77. The minimum atomic E-state index is -0.825. The largest absolute Gasteiger partial charge is 0.352 e. The standard InChI is InChI=1S/C12H10Cl2N2O/c13-11(14)10-5-6-17-12(10,11)16-7-15-8-3-1-2-4-9(8)16/h1-4,7,10H,5-6H2. The molecule has 3 nitrogen and oxygen atoms in total. The molecule has 1 aromatic carbocycles. The summed E-state index contributed by atoms with van der Waals surface area (Å²) in [5, 5.41) is 0. The minimum absolute atomic E-state index is 0.163. The first-order valence-corrected chi connectivity index (χ1v) is 6.38. The molecular weight excluding hydrogens is 259 g/mol. The van der Waals surface area contributed by atoms with E-state index in [0.717, 1.165) is 17.5 Å². The second-order valence-electron chi connectivity index (χ2n) is 4.61.